The van der Waals surface area contributed by atoms with Crippen LogP contribution in [0.25, 0.3) is 0 Å². The van der Waals surface area contributed by atoms with E-state index in [4.69, 9.17) is 0 Å². The summed E-state index contributed by atoms with van der Waals surface area (Å²) in [4.78, 5) is 12.5. The number of aliphatic hydroxyl groups is 1. The molecule has 1 amide bonds. The van der Waals surface area contributed by atoms with Crippen LogP contribution in [-0.4, -0.2) is 41.9 Å². The standard InChI is InChI=1S/C41H71NO5S/c1-3-5-7-9-11-13-15-17-18-19-20-21-22-23-24-25-27-29-31-33-35-37-41(44)42-39(38-48(45,46)47)40(43)36-34-32-30-28-26-16-14-12-10-8-6-4-2/h10,12,15,17,19-20,22-23,26,28,34,36,39-40,43H,3-9,11,13-14,16,18,21,24-25,27,29-33,35,37-38H2,1-2H3,(H,42,44)(H,45,46,47)/b12-10+,17-15-,20-19-,23-22-,28-26+,36-34+. The molecule has 0 aliphatic rings. The quantitative estimate of drug-likeness (QED) is 0.0361. The van der Waals surface area contributed by atoms with Gasteiger partial charge in [0.05, 0.1) is 17.9 Å². The van der Waals surface area contributed by atoms with E-state index in [9.17, 15) is 22.9 Å². The predicted molar refractivity (Wildman–Crippen MR) is 207 cm³/mol. The normalized spacial score (nSPS) is 14.2. The lowest BCUT2D eigenvalue weighted by Crippen LogP contribution is -2.46. The fraction of sp³-hybridized carbons (Fsp3) is 0.683. The van der Waals surface area contributed by atoms with Gasteiger partial charge >= 0.3 is 0 Å². The molecule has 0 saturated carbocycles. The van der Waals surface area contributed by atoms with Crippen molar-refractivity contribution in [3.05, 3.63) is 72.9 Å². The van der Waals surface area contributed by atoms with Crippen molar-refractivity contribution < 1.29 is 22.9 Å². The molecule has 276 valence electrons. The summed E-state index contributed by atoms with van der Waals surface area (Å²) in [5, 5.41) is 13.1. The first-order chi connectivity index (χ1) is 23.3. The topological polar surface area (TPSA) is 104 Å². The molecule has 0 aliphatic heterocycles. The summed E-state index contributed by atoms with van der Waals surface area (Å²) in [7, 11) is -4.36. The van der Waals surface area contributed by atoms with Crippen LogP contribution in [0.2, 0.25) is 0 Å². The van der Waals surface area contributed by atoms with Crippen LogP contribution < -0.4 is 5.32 Å². The molecule has 0 aromatic heterocycles. The van der Waals surface area contributed by atoms with Gasteiger partial charge in [-0.25, -0.2) is 0 Å². The summed E-state index contributed by atoms with van der Waals surface area (Å²) in [6, 6.07) is -1.09. The molecular formula is C41H71NO5S. The number of hydrogen-bond donors (Lipinski definition) is 3. The van der Waals surface area contributed by atoms with Gasteiger partial charge < -0.3 is 10.4 Å². The number of carbonyl (C=O) groups is 1. The highest BCUT2D eigenvalue weighted by Crippen LogP contribution is 2.11. The van der Waals surface area contributed by atoms with Gasteiger partial charge in [0, 0.05) is 6.42 Å². The minimum absolute atomic E-state index is 0.266. The van der Waals surface area contributed by atoms with E-state index in [0.717, 1.165) is 77.0 Å². The second-order valence-corrected chi connectivity index (χ2v) is 14.3. The maximum Gasteiger partial charge on any atom is 0.267 e. The number of aliphatic hydroxyl groups excluding tert-OH is 1. The molecule has 0 radical (unpaired) electrons. The SMILES string of the molecule is CCCC/C=C/CC/C=C/CC/C=C/C(O)C(CS(=O)(=O)O)NC(=O)CCCCCCCC/C=C\C/C=C\C/C=C\CCCCCCC. The molecular weight excluding hydrogens is 619 g/mol. The van der Waals surface area contributed by atoms with E-state index in [1.54, 1.807) is 6.08 Å². The Morgan fingerprint density at radius 2 is 0.979 bits per heavy atom. The van der Waals surface area contributed by atoms with E-state index < -0.39 is 28.0 Å². The second kappa shape index (κ2) is 34.6. The monoisotopic (exact) mass is 690 g/mol. The van der Waals surface area contributed by atoms with Crippen LogP contribution in [0.1, 0.15) is 162 Å². The zero-order valence-corrected chi connectivity index (χ0v) is 31.4. The molecule has 0 heterocycles. The van der Waals surface area contributed by atoms with Crippen LogP contribution in [0.3, 0.4) is 0 Å². The molecule has 2 unspecified atom stereocenters. The Kier molecular flexibility index (Phi) is 33.0. The number of nitrogens with one attached hydrogen (secondary N) is 1. The molecule has 0 rings (SSSR count). The molecule has 0 aromatic carbocycles. The predicted octanol–water partition coefficient (Wildman–Crippen LogP) is 11.1. The molecule has 0 aromatic rings. The highest BCUT2D eigenvalue weighted by molar-refractivity contribution is 7.85. The van der Waals surface area contributed by atoms with Crippen LogP contribution in [0.15, 0.2) is 72.9 Å². The zero-order valence-electron chi connectivity index (χ0n) is 30.6. The summed E-state index contributed by atoms with van der Waals surface area (Å²) in [5.41, 5.74) is 0. The van der Waals surface area contributed by atoms with Crippen LogP contribution in [0.5, 0.6) is 0 Å². The smallest absolute Gasteiger partial charge is 0.267 e. The zero-order chi connectivity index (χ0) is 35.4. The molecule has 0 fully saturated rings. The van der Waals surface area contributed by atoms with Crippen molar-refractivity contribution in [2.75, 3.05) is 5.75 Å². The van der Waals surface area contributed by atoms with Gasteiger partial charge in [0.2, 0.25) is 5.91 Å². The van der Waals surface area contributed by atoms with Crippen molar-refractivity contribution in [1.29, 1.82) is 0 Å². The number of allylic oxidation sites excluding steroid dienone is 11. The van der Waals surface area contributed by atoms with Crippen molar-refractivity contribution in [2.45, 2.75) is 174 Å². The second-order valence-electron chi connectivity index (χ2n) is 12.8. The van der Waals surface area contributed by atoms with Gasteiger partial charge in [-0.05, 0) is 77.0 Å². The number of amides is 1. The first-order valence-corrected chi connectivity index (χ1v) is 20.7. The fourth-order valence-electron chi connectivity index (χ4n) is 5.18. The average molecular weight is 690 g/mol. The largest absolute Gasteiger partial charge is 0.387 e. The van der Waals surface area contributed by atoms with E-state index >= 15 is 0 Å². The molecule has 48 heavy (non-hydrogen) atoms. The van der Waals surface area contributed by atoms with E-state index in [-0.39, 0.29) is 12.3 Å². The average Bonchev–Trinajstić information content (AvgIpc) is 3.05. The summed E-state index contributed by atoms with van der Waals surface area (Å²) in [6.07, 6.45) is 48.8. The third-order valence-corrected chi connectivity index (χ3v) is 8.86. The molecule has 0 spiro atoms. The Balaban J connectivity index is 4.03. The lowest BCUT2D eigenvalue weighted by molar-refractivity contribution is -0.122. The number of unbranched alkanes of at least 4 members (excludes halogenated alkanes) is 15. The first kappa shape index (κ1) is 45.8. The summed E-state index contributed by atoms with van der Waals surface area (Å²) in [5.74, 6) is -1.03. The molecule has 2 atom stereocenters. The summed E-state index contributed by atoms with van der Waals surface area (Å²) >= 11 is 0. The Labute approximate surface area is 295 Å². The first-order valence-electron chi connectivity index (χ1n) is 19.1. The third kappa shape index (κ3) is 35.1. The third-order valence-electron chi connectivity index (χ3n) is 8.08. The van der Waals surface area contributed by atoms with Gasteiger partial charge in [0.1, 0.15) is 0 Å². The molecule has 6 nitrogen and oxygen atoms in total. The maximum absolute atomic E-state index is 12.5. The molecule has 0 bridgehead atoms. The van der Waals surface area contributed by atoms with Gasteiger partial charge in [0.15, 0.2) is 0 Å². The van der Waals surface area contributed by atoms with Gasteiger partial charge in [-0.15, -0.1) is 0 Å². The van der Waals surface area contributed by atoms with Crippen molar-refractivity contribution >= 4 is 16.0 Å². The van der Waals surface area contributed by atoms with Gasteiger partial charge in [-0.1, -0.05) is 151 Å². The minimum Gasteiger partial charge on any atom is -0.387 e. The molecule has 0 saturated heterocycles. The van der Waals surface area contributed by atoms with Gasteiger partial charge in [-0.2, -0.15) is 8.42 Å². The van der Waals surface area contributed by atoms with E-state index in [1.807, 2.05) is 0 Å². The van der Waals surface area contributed by atoms with Gasteiger partial charge in [0.25, 0.3) is 10.1 Å². The van der Waals surface area contributed by atoms with Crippen LogP contribution in [-0.2, 0) is 14.9 Å². The minimum atomic E-state index is -4.36. The Morgan fingerprint density at radius 1 is 0.562 bits per heavy atom. The highest BCUT2D eigenvalue weighted by Gasteiger charge is 2.24. The number of hydrogen-bond acceptors (Lipinski definition) is 4. The Hall–Kier alpha value is -2.22. The van der Waals surface area contributed by atoms with Crippen molar-refractivity contribution in [1.82, 2.24) is 5.32 Å². The van der Waals surface area contributed by atoms with E-state index in [1.165, 1.54) is 57.4 Å². The molecule has 0 aliphatic carbocycles. The van der Waals surface area contributed by atoms with Crippen LogP contribution in [0, 0.1) is 0 Å². The number of carbonyl (C=O) groups excluding carboxylic acids is 1. The molecule has 7 heteroatoms. The van der Waals surface area contributed by atoms with E-state index in [2.05, 4.69) is 79.9 Å². The van der Waals surface area contributed by atoms with Gasteiger partial charge in [-0.3, -0.25) is 9.35 Å². The van der Waals surface area contributed by atoms with Crippen molar-refractivity contribution in [2.24, 2.45) is 0 Å². The number of rotatable bonds is 33. The van der Waals surface area contributed by atoms with Crippen LogP contribution >= 0.6 is 0 Å². The Bertz CT molecular complexity index is 1030. The Morgan fingerprint density at radius 3 is 1.52 bits per heavy atom. The molecule has 3 N–H and O–H groups in total. The summed E-state index contributed by atoms with van der Waals surface area (Å²) < 4.78 is 32.3. The highest BCUT2D eigenvalue weighted by atomic mass is 32.2. The van der Waals surface area contributed by atoms with Crippen molar-refractivity contribution in [3.63, 3.8) is 0 Å². The van der Waals surface area contributed by atoms with E-state index in [0.29, 0.717) is 12.8 Å². The lowest BCUT2D eigenvalue weighted by atomic mass is 10.1. The fourth-order valence-corrected chi connectivity index (χ4v) is 5.91. The van der Waals surface area contributed by atoms with Crippen molar-refractivity contribution in [3.8, 4) is 0 Å². The lowest BCUT2D eigenvalue weighted by Gasteiger charge is -2.21. The summed E-state index contributed by atoms with van der Waals surface area (Å²) in [6.45, 7) is 4.44. The maximum atomic E-state index is 12.5. The van der Waals surface area contributed by atoms with Crippen LogP contribution in [0.4, 0.5) is 0 Å².